The first-order valence-corrected chi connectivity index (χ1v) is 4.90. The lowest BCUT2D eigenvalue weighted by molar-refractivity contribution is 0.637. The largest absolute Gasteiger partial charge is 0.312 e. The molecule has 0 aromatic carbocycles. The molecule has 0 bridgehead atoms. The second kappa shape index (κ2) is 2.90. The van der Waals surface area contributed by atoms with Gasteiger partial charge in [0.2, 0.25) is 0 Å². The van der Waals surface area contributed by atoms with Crippen LogP contribution in [0.4, 0.5) is 0 Å². The van der Waals surface area contributed by atoms with Gasteiger partial charge >= 0.3 is 0 Å². The van der Waals surface area contributed by atoms with Crippen LogP contribution in [0.1, 0.15) is 11.3 Å². The number of hydrogen-bond acceptors (Lipinski definition) is 4. The van der Waals surface area contributed by atoms with E-state index in [1.165, 1.54) is 4.68 Å². The zero-order valence-electron chi connectivity index (χ0n) is 8.40. The van der Waals surface area contributed by atoms with Crippen LogP contribution in [0, 0.1) is 0 Å². The number of fused-ring (bicyclic) bond motifs is 3. The van der Waals surface area contributed by atoms with E-state index in [2.05, 4.69) is 15.5 Å². The molecular formula is C9H11N5O. The molecule has 6 heteroatoms. The number of nitrogens with one attached hydrogen (secondary N) is 1. The summed E-state index contributed by atoms with van der Waals surface area (Å²) in [6.07, 6.45) is 2.45. The van der Waals surface area contributed by atoms with E-state index in [0.29, 0.717) is 5.52 Å². The fourth-order valence-electron chi connectivity index (χ4n) is 1.96. The lowest BCUT2D eigenvalue weighted by Gasteiger charge is -2.10. The van der Waals surface area contributed by atoms with Crippen molar-refractivity contribution in [3.63, 3.8) is 0 Å². The van der Waals surface area contributed by atoms with Crippen LogP contribution in [0.3, 0.4) is 0 Å². The van der Waals surface area contributed by atoms with E-state index in [9.17, 15) is 4.79 Å². The monoisotopic (exact) mass is 205 g/mol. The maximum absolute atomic E-state index is 11.9. The smallest absolute Gasteiger partial charge is 0.292 e. The van der Waals surface area contributed by atoms with Gasteiger partial charge in [-0.05, 0) is 0 Å². The van der Waals surface area contributed by atoms with Gasteiger partial charge in [0, 0.05) is 32.1 Å². The van der Waals surface area contributed by atoms with E-state index < -0.39 is 0 Å². The van der Waals surface area contributed by atoms with E-state index in [1.807, 2.05) is 0 Å². The molecular weight excluding hydrogens is 194 g/mol. The molecule has 0 fully saturated rings. The molecule has 0 unspecified atom stereocenters. The molecule has 0 radical (unpaired) electrons. The minimum absolute atomic E-state index is 0.0880. The summed E-state index contributed by atoms with van der Waals surface area (Å²) in [4.78, 5) is 11.9. The van der Waals surface area contributed by atoms with Crippen molar-refractivity contribution in [3.05, 3.63) is 27.9 Å². The maximum Gasteiger partial charge on any atom is 0.292 e. The molecule has 6 nitrogen and oxygen atoms in total. The second-order valence-electron chi connectivity index (χ2n) is 3.70. The minimum atomic E-state index is -0.0880. The third-order valence-corrected chi connectivity index (χ3v) is 2.76. The lowest BCUT2D eigenvalue weighted by Crippen LogP contribution is -2.26. The Balaban J connectivity index is 2.44. The van der Waals surface area contributed by atoms with Crippen LogP contribution >= 0.6 is 0 Å². The van der Waals surface area contributed by atoms with Crippen molar-refractivity contribution in [2.24, 2.45) is 7.05 Å². The average Bonchev–Trinajstić information content (AvgIpc) is 2.62. The molecule has 3 rings (SSSR count). The van der Waals surface area contributed by atoms with E-state index in [1.54, 1.807) is 17.9 Å². The van der Waals surface area contributed by atoms with Crippen LogP contribution in [0.2, 0.25) is 0 Å². The normalized spacial score (nSPS) is 15.5. The van der Waals surface area contributed by atoms with Gasteiger partial charge in [-0.25, -0.2) is 9.20 Å². The molecule has 1 N–H and O–H groups in total. The van der Waals surface area contributed by atoms with Gasteiger partial charge in [0.25, 0.3) is 5.56 Å². The molecule has 15 heavy (non-hydrogen) atoms. The topological polar surface area (TPSA) is 64.2 Å². The van der Waals surface area contributed by atoms with Crippen LogP contribution in [0.15, 0.2) is 11.1 Å². The van der Waals surface area contributed by atoms with Crippen molar-refractivity contribution in [1.82, 2.24) is 24.7 Å². The number of rotatable bonds is 0. The molecule has 1 aliphatic heterocycles. The minimum Gasteiger partial charge on any atom is -0.312 e. The van der Waals surface area contributed by atoms with E-state index >= 15 is 0 Å². The fraction of sp³-hybridized carbons (Fsp3) is 0.444. The summed E-state index contributed by atoms with van der Waals surface area (Å²) in [6, 6.07) is 0. The number of nitrogens with zero attached hydrogens (tertiary/aromatic N) is 4. The molecule has 0 aliphatic carbocycles. The predicted molar refractivity (Wildman–Crippen MR) is 53.6 cm³/mol. The summed E-state index contributed by atoms with van der Waals surface area (Å²) in [5.74, 6) is 0. The van der Waals surface area contributed by atoms with Gasteiger partial charge in [-0.2, -0.15) is 10.2 Å². The molecule has 2 aromatic rings. The van der Waals surface area contributed by atoms with Gasteiger partial charge in [-0.1, -0.05) is 0 Å². The summed E-state index contributed by atoms with van der Waals surface area (Å²) in [5, 5.41) is 11.5. The summed E-state index contributed by atoms with van der Waals surface area (Å²) in [6.45, 7) is 1.64. The maximum atomic E-state index is 11.9. The molecule has 78 valence electrons. The highest BCUT2D eigenvalue weighted by atomic mass is 16.1. The Morgan fingerprint density at radius 3 is 3.27 bits per heavy atom. The highest BCUT2D eigenvalue weighted by Crippen LogP contribution is 2.15. The molecule has 0 spiro atoms. The fourth-order valence-corrected chi connectivity index (χ4v) is 1.96. The molecule has 3 heterocycles. The van der Waals surface area contributed by atoms with Gasteiger partial charge in [-0.3, -0.25) is 4.79 Å². The summed E-state index contributed by atoms with van der Waals surface area (Å²) < 4.78 is 2.92. The Hall–Kier alpha value is -1.69. The van der Waals surface area contributed by atoms with E-state index in [0.717, 1.165) is 30.8 Å². The summed E-state index contributed by atoms with van der Waals surface area (Å²) in [7, 11) is 1.65. The predicted octanol–water partition coefficient (Wildman–Crippen LogP) is -0.926. The van der Waals surface area contributed by atoms with Crippen LogP contribution < -0.4 is 10.9 Å². The zero-order chi connectivity index (χ0) is 10.4. The summed E-state index contributed by atoms with van der Waals surface area (Å²) >= 11 is 0. The molecule has 1 aliphatic rings. The SMILES string of the molecule is Cn1ncn2nc3c(c2c1=O)CNCC3. The lowest BCUT2D eigenvalue weighted by atomic mass is 10.1. The summed E-state index contributed by atoms with van der Waals surface area (Å²) in [5.41, 5.74) is 2.59. The van der Waals surface area contributed by atoms with Crippen LogP contribution in [0.25, 0.3) is 5.52 Å². The Morgan fingerprint density at radius 1 is 1.53 bits per heavy atom. The van der Waals surface area contributed by atoms with Gasteiger partial charge in [0.05, 0.1) is 5.69 Å². The standard InChI is InChI=1S/C9H11N5O/c1-13-9(15)8-6-4-10-3-2-7(6)12-14(8)5-11-13/h5,10H,2-4H2,1H3. The van der Waals surface area contributed by atoms with E-state index in [-0.39, 0.29) is 5.56 Å². The number of aromatic nitrogens is 4. The first-order chi connectivity index (χ1) is 7.27. The first-order valence-electron chi connectivity index (χ1n) is 4.90. The average molecular weight is 205 g/mol. The zero-order valence-corrected chi connectivity index (χ0v) is 8.40. The van der Waals surface area contributed by atoms with Crippen LogP contribution in [0.5, 0.6) is 0 Å². The molecule has 2 aromatic heterocycles. The highest BCUT2D eigenvalue weighted by molar-refractivity contribution is 5.55. The quantitative estimate of drug-likeness (QED) is 0.603. The highest BCUT2D eigenvalue weighted by Gasteiger charge is 2.18. The van der Waals surface area contributed by atoms with Crippen LogP contribution in [-0.4, -0.2) is 25.9 Å². The van der Waals surface area contributed by atoms with Gasteiger partial charge in [0.1, 0.15) is 11.8 Å². The van der Waals surface area contributed by atoms with Crippen molar-refractivity contribution < 1.29 is 0 Å². The Kier molecular flexibility index (Phi) is 1.66. The second-order valence-corrected chi connectivity index (χ2v) is 3.70. The Bertz CT molecular complexity index is 582. The molecule has 0 atom stereocenters. The van der Waals surface area contributed by atoms with Crippen molar-refractivity contribution in [2.45, 2.75) is 13.0 Å². The number of aryl methyl sites for hydroxylation is 1. The Labute approximate surface area is 85.5 Å². The molecule has 0 saturated heterocycles. The Morgan fingerprint density at radius 2 is 2.40 bits per heavy atom. The third-order valence-electron chi connectivity index (χ3n) is 2.76. The van der Waals surface area contributed by atoms with Crippen molar-refractivity contribution in [1.29, 1.82) is 0 Å². The first kappa shape index (κ1) is 8.60. The van der Waals surface area contributed by atoms with E-state index in [4.69, 9.17) is 0 Å². The molecule has 0 saturated carbocycles. The van der Waals surface area contributed by atoms with Crippen molar-refractivity contribution in [2.75, 3.05) is 6.54 Å². The third kappa shape index (κ3) is 1.11. The van der Waals surface area contributed by atoms with Crippen molar-refractivity contribution >= 4 is 5.52 Å². The van der Waals surface area contributed by atoms with Gasteiger partial charge in [-0.15, -0.1) is 0 Å². The van der Waals surface area contributed by atoms with Crippen molar-refractivity contribution in [3.8, 4) is 0 Å². The van der Waals surface area contributed by atoms with Gasteiger partial charge in [0.15, 0.2) is 0 Å². The van der Waals surface area contributed by atoms with Crippen LogP contribution in [-0.2, 0) is 20.0 Å². The number of hydrogen-bond donors (Lipinski definition) is 1. The van der Waals surface area contributed by atoms with Gasteiger partial charge < -0.3 is 5.32 Å². The molecule has 0 amide bonds.